The number of fused-ring (bicyclic) bond motifs is 1. The molecule has 0 bridgehead atoms. The van der Waals surface area contributed by atoms with Gasteiger partial charge in [-0.25, -0.2) is 9.97 Å². The molecule has 3 heterocycles. The molecule has 1 aromatic carbocycles. The first kappa shape index (κ1) is 20.3. The Kier molecular flexibility index (Phi) is 5.74. The maximum atomic E-state index is 5.54. The summed E-state index contributed by atoms with van der Waals surface area (Å²) in [5.41, 5.74) is 2.14. The van der Waals surface area contributed by atoms with Crippen molar-refractivity contribution in [2.75, 3.05) is 26.1 Å². The third-order valence-corrected chi connectivity index (χ3v) is 4.57. The first-order chi connectivity index (χ1) is 15.1. The third kappa shape index (κ3) is 4.16. The molecule has 0 fully saturated rings. The molecule has 160 valence electrons. The molecule has 0 saturated carbocycles. The van der Waals surface area contributed by atoms with Gasteiger partial charge in [0.25, 0.3) is 0 Å². The first-order valence-electron chi connectivity index (χ1n) is 9.71. The van der Waals surface area contributed by atoms with Crippen LogP contribution in [0.4, 0.5) is 5.95 Å². The molecule has 4 aromatic rings. The first-order valence-corrected chi connectivity index (χ1v) is 9.71. The van der Waals surface area contributed by atoms with E-state index in [1.165, 1.54) is 0 Å². The molecule has 0 aliphatic carbocycles. The molecule has 0 aliphatic heterocycles. The van der Waals surface area contributed by atoms with Crippen LogP contribution in [-0.4, -0.2) is 40.4 Å². The highest BCUT2D eigenvalue weighted by Gasteiger charge is 2.16. The monoisotopic (exact) mass is 421 g/mol. The molecule has 31 heavy (non-hydrogen) atoms. The summed E-state index contributed by atoms with van der Waals surface area (Å²) in [6, 6.07) is 11.1. The summed E-state index contributed by atoms with van der Waals surface area (Å²) in [5.74, 6) is 3.30. The van der Waals surface area contributed by atoms with E-state index in [0.717, 1.165) is 5.56 Å². The molecule has 3 aromatic heterocycles. The minimum atomic E-state index is 0.458. The highest BCUT2D eigenvalue weighted by molar-refractivity contribution is 5.63. The molecule has 0 amide bonds. The molecule has 0 spiro atoms. The summed E-state index contributed by atoms with van der Waals surface area (Å²) >= 11 is 0. The average molecular weight is 421 g/mol. The number of anilines is 1. The van der Waals surface area contributed by atoms with Gasteiger partial charge in [-0.1, -0.05) is 12.6 Å². The molecule has 0 unspecified atom stereocenters. The van der Waals surface area contributed by atoms with E-state index in [1.54, 1.807) is 43.2 Å². The lowest BCUT2D eigenvalue weighted by atomic mass is 10.2. The third-order valence-electron chi connectivity index (χ3n) is 4.57. The normalized spacial score (nSPS) is 10.8. The van der Waals surface area contributed by atoms with Crippen LogP contribution in [0, 0.1) is 0 Å². The van der Waals surface area contributed by atoms with Crippen molar-refractivity contribution in [3.05, 3.63) is 60.5 Å². The van der Waals surface area contributed by atoms with Crippen LogP contribution in [0.2, 0.25) is 0 Å². The standard InChI is InChI=1S/C22H23N5O4/c1-5-30-14(2)16-12-20-25-21(18-7-6-10-31-18)26-27(20)22(24-16)23-13-15-8-9-17(28-3)19(11-15)29-4/h6-12H,2,5,13H2,1,3-4H3,(H,23,24). The van der Waals surface area contributed by atoms with Gasteiger partial charge in [-0.05, 0) is 36.8 Å². The van der Waals surface area contributed by atoms with Crippen molar-refractivity contribution in [1.82, 2.24) is 19.6 Å². The van der Waals surface area contributed by atoms with Gasteiger partial charge in [0.05, 0.1) is 27.1 Å². The van der Waals surface area contributed by atoms with E-state index in [9.17, 15) is 0 Å². The van der Waals surface area contributed by atoms with E-state index in [-0.39, 0.29) is 0 Å². The Bertz CT molecular complexity index is 1200. The van der Waals surface area contributed by atoms with E-state index in [0.29, 0.717) is 59.3 Å². The molecule has 0 radical (unpaired) electrons. The number of aromatic nitrogens is 4. The smallest absolute Gasteiger partial charge is 0.226 e. The van der Waals surface area contributed by atoms with Gasteiger partial charge in [0.1, 0.15) is 11.5 Å². The summed E-state index contributed by atoms with van der Waals surface area (Å²) in [6.45, 7) is 6.82. The topological polar surface area (TPSA) is 95.9 Å². The number of nitrogens with one attached hydrogen (secondary N) is 1. The summed E-state index contributed by atoms with van der Waals surface area (Å²) in [4.78, 5) is 9.21. The molecular formula is C22H23N5O4. The van der Waals surface area contributed by atoms with Crippen molar-refractivity contribution in [2.24, 2.45) is 0 Å². The second-order valence-electron chi connectivity index (χ2n) is 6.55. The Labute approximate surface area is 179 Å². The zero-order chi connectivity index (χ0) is 21.8. The largest absolute Gasteiger partial charge is 0.493 e. The van der Waals surface area contributed by atoms with Crippen molar-refractivity contribution in [3.8, 4) is 23.1 Å². The van der Waals surface area contributed by atoms with Gasteiger partial charge in [-0.2, -0.15) is 4.52 Å². The van der Waals surface area contributed by atoms with E-state index in [1.807, 2.05) is 25.1 Å². The van der Waals surface area contributed by atoms with Crippen LogP contribution in [0.15, 0.2) is 53.7 Å². The van der Waals surface area contributed by atoms with Gasteiger partial charge >= 0.3 is 0 Å². The SMILES string of the molecule is C=C(OCC)c1cc2nc(-c3ccco3)nn2c(NCc2ccc(OC)c(OC)c2)n1. The Hall–Kier alpha value is -4.01. The fourth-order valence-corrected chi connectivity index (χ4v) is 3.08. The van der Waals surface area contributed by atoms with Crippen LogP contribution >= 0.6 is 0 Å². The maximum Gasteiger partial charge on any atom is 0.226 e. The summed E-state index contributed by atoms with van der Waals surface area (Å²) < 4.78 is 23.3. The second kappa shape index (κ2) is 8.78. The number of rotatable bonds is 9. The van der Waals surface area contributed by atoms with E-state index >= 15 is 0 Å². The molecule has 0 aliphatic rings. The molecule has 0 saturated heterocycles. The number of ether oxygens (including phenoxy) is 3. The minimum absolute atomic E-state index is 0.458. The molecule has 4 rings (SSSR count). The van der Waals surface area contributed by atoms with E-state index in [2.05, 4.69) is 27.0 Å². The lowest BCUT2D eigenvalue weighted by Gasteiger charge is -2.12. The second-order valence-corrected chi connectivity index (χ2v) is 6.55. The summed E-state index contributed by atoms with van der Waals surface area (Å²) in [6.07, 6.45) is 1.58. The van der Waals surface area contributed by atoms with Gasteiger partial charge in [-0.3, -0.25) is 0 Å². The van der Waals surface area contributed by atoms with Crippen molar-refractivity contribution >= 4 is 17.4 Å². The fourth-order valence-electron chi connectivity index (χ4n) is 3.08. The quantitative estimate of drug-likeness (QED) is 0.405. The number of hydrogen-bond donors (Lipinski definition) is 1. The van der Waals surface area contributed by atoms with Gasteiger partial charge in [-0.15, -0.1) is 5.10 Å². The van der Waals surface area contributed by atoms with Crippen LogP contribution in [0.1, 0.15) is 18.2 Å². The summed E-state index contributed by atoms with van der Waals surface area (Å²) in [7, 11) is 3.21. The minimum Gasteiger partial charge on any atom is -0.493 e. The Morgan fingerprint density at radius 1 is 1.13 bits per heavy atom. The van der Waals surface area contributed by atoms with Gasteiger partial charge < -0.3 is 23.9 Å². The lowest BCUT2D eigenvalue weighted by molar-refractivity contribution is 0.298. The highest BCUT2D eigenvalue weighted by atomic mass is 16.5. The highest BCUT2D eigenvalue weighted by Crippen LogP contribution is 2.28. The molecule has 1 N–H and O–H groups in total. The average Bonchev–Trinajstić information content (AvgIpc) is 3.47. The zero-order valence-corrected chi connectivity index (χ0v) is 17.6. The number of methoxy groups -OCH3 is 2. The maximum absolute atomic E-state index is 5.54. The Morgan fingerprint density at radius 3 is 2.68 bits per heavy atom. The van der Waals surface area contributed by atoms with Crippen LogP contribution in [0.25, 0.3) is 23.0 Å². The number of furan rings is 1. The van der Waals surface area contributed by atoms with E-state index < -0.39 is 0 Å². The van der Waals surface area contributed by atoms with Gasteiger partial charge in [0.2, 0.25) is 11.8 Å². The van der Waals surface area contributed by atoms with Crippen molar-refractivity contribution < 1.29 is 18.6 Å². The fraction of sp³-hybridized carbons (Fsp3) is 0.227. The van der Waals surface area contributed by atoms with Crippen molar-refractivity contribution in [1.29, 1.82) is 0 Å². The Balaban J connectivity index is 1.70. The van der Waals surface area contributed by atoms with Crippen LogP contribution in [0.3, 0.4) is 0 Å². The molecule has 9 heteroatoms. The van der Waals surface area contributed by atoms with Crippen LogP contribution in [-0.2, 0) is 11.3 Å². The lowest BCUT2D eigenvalue weighted by Crippen LogP contribution is -2.10. The molecule has 0 atom stereocenters. The van der Waals surface area contributed by atoms with Crippen molar-refractivity contribution in [3.63, 3.8) is 0 Å². The predicted molar refractivity (Wildman–Crippen MR) is 116 cm³/mol. The number of nitrogens with zero attached hydrogens (tertiary/aromatic N) is 4. The predicted octanol–water partition coefficient (Wildman–Crippen LogP) is 4.02. The number of benzene rings is 1. The Morgan fingerprint density at radius 2 is 1.97 bits per heavy atom. The van der Waals surface area contributed by atoms with E-state index in [4.69, 9.17) is 18.6 Å². The van der Waals surface area contributed by atoms with Crippen LogP contribution in [0.5, 0.6) is 11.5 Å². The van der Waals surface area contributed by atoms with Gasteiger partial charge in [0.15, 0.2) is 22.9 Å². The molecule has 9 nitrogen and oxygen atoms in total. The van der Waals surface area contributed by atoms with Crippen molar-refractivity contribution in [2.45, 2.75) is 13.5 Å². The number of hydrogen-bond acceptors (Lipinski definition) is 8. The summed E-state index contributed by atoms with van der Waals surface area (Å²) in [5, 5.41) is 7.86. The van der Waals surface area contributed by atoms with Crippen LogP contribution < -0.4 is 14.8 Å². The molecular weight excluding hydrogens is 398 g/mol. The van der Waals surface area contributed by atoms with Gasteiger partial charge in [0, 0.05) is 12.6 Å². The zero-order valence-electron chi connectivity index (χ0n) is 17.6.